The molecule has 1 spiro atoms. The summed E-state index contributed by atoms with van der Waals surface area (Å²) in [6.45, 7) is 5.39. The highest BCUT2D eigenvalue weighted by atomic mass is 35.5. The minimum Gasteiger partial charge on any atom is -0.352 e. The minimum atomic E-state index is -0.663. The number of hydrogen-bond donors (Lipinski definition) is 0. The Kier molecular flexibility index (Phi) is 5.03. The van der Waals surface area contributed by atoms with E-state index < -0.39 is 5.41 Å². The molecule has 0 N–H and O–H groups in total. The molecule has 7 heteroatoms. The number of anilines is 1. The number of fused-ring (bicyclic) bond motifs is 4. The first-order chi connectivity index (χ1) is 16.5. The number of piperidine rings is 1. The maximum atomic E-state index is 14.2. The van der Waals surface area contributed by atoms with Crippen LogP contribution in [0.3, 0.4) is 0 Å². The topological polar surface area (TPSA) is 53.7 Å². The molecule has 1 aromatic heterocycles. The molecule has 0 bridgehead atoms. The Morgan fingerprint density at radius 3 is 2.62 bits per heavy atom. The minimum absolute atomic E-state index is 0.0693. The monoisotopic (exact) mass is 473 g/mol. The molecule has 1 saturated heterocycles. The molecule has 174 valence electrons. The molecule has 0 radical (unpaired) electrons. The lowest BCUT2D eigenvalue weighted by molar-refractivity contribution is -0.138. The molecule has 4 heterocycles. The van der Waals surface area contributed by atoms with Gasteiger partial charge in [-0.1, -0.05) is 48.0 Å². The Morgan fingerprint density at radius 1 is 1.06 bits per heavy atom. The third-order valence-corrected chi connectivity index (χ3v) is 8.14. The molecule has 2 atom stereocenters. The van der Waals surface area contributed by atoms with Gasteiger partial charge in [0.25, 0.3) is 5.91 Å². The summed E-state index contributed by atoms with van der Waals surface area (Å²) in [7, 11) is 0. The van der Waals surface area contributed by atoms with Crippen LogP contribution in [0, 0.1) is 12.3 Å². The Labute approximate surface area is 204 Å². The van der Waals surface area contributed by atoms with Crippen LogP contribution < -0.4 is 4.90 Å². The lowest BCUT2D eigenvalue weighted by atomic mass is 9.66. The van der Waals surface area contributed by atoms with E-state index in [4.69, 9.17) is 21.8 Å². The quantitative estimate of drug-likeness (QED) is 0.528. The van der Waals surface area contributed by atoms with Crippen LogP contribution in [0.4, 0.5) is 5.82 Å². The molecule has 0 saturated carbocycles. The van der Waals surface area contributed by atoms with E-state index in [1.54, 1.807) is 5.01 Å². The number of aromatic nitrogens is 2. The fourth-order valence-corrected chi connectivity index (χ4v) is 6.27. The maximum absolute atomic E-state index is 14.2. The third kappa shape index (κ3) is 3.04. The zero-order valence-electron chi connectivity index (χ0n) is 19.5. The first kappa shape index (κ1) is 21.4. The lowest BCUT2D eigenvalue weighted by Gasteiger charge is -2.50. The van der Waals surface area contributed by atoms with Crippen molar-refractivity contribution >= 4 is 29.0 Å². The Balaban J connectivity index is 1.44. The van der Waals surface area contributed by atoms with E-state index in [1.807, 2.05) is 49.4 Å². The number of carbonyl (C=O) groups is 1. The SMILES string of the molecule is CC1=NN(Cc2ccccc2Cl)C(=O)[C@]12Cc1c(C)nn(-c3ccccc3)c1N1CCCC[C@H]12. The number of carbonyl (C=O) groups excluding carboxylic acids is 1. The molecule has 3 aliphatic rings. The standard InChI is InChI=1S/C27H28ClN5O/c1-18-22-16-27(19(2)30-32(26(27)34)17-20-10-6-7-13-23(20)28)24-14-8-9-15-31(24)25(22)33(29-18)21-11-4-3-5-12-21/h3-7,10-13,24H,8-9,14-17H2,1-2H3/t24-,27+/m0/s1. The van der Waals surface area contributed by atoms with Crippen LogP contribution in [0.15, 0.2) is 59.7 Å². The smallest absolute Gasteiger partial charge is 0.257 e. The molecule has 34 heavy (non-hydrogen) atoms. The summed E-state index contributed by atoms with van der Waals surface area (Å²) in [6, 6.07) is 18.0. The van der Waals surface area contributed by atoms with E-state index >= 15 is 0 Å². The van der Waals surface area contributed by atoms with Crippen LogP contribution >= 0.6 is 11.6 Å². The van der Waals surface area contributed by atoms with E-state index in [0.717, 1.165) is 59.8 Å². The molecular weight excluding hydrogens is 446 g/mol. The zero-order chi connectivity index (χ0) is 23.4. The van der Waals surface area contributed by atoms with Crippen LogP contribution in [0.25, 0.3) is 5.69 Å². The second-order valence-corrected chi connectivity index (χ2v) is 10.0. The van der Waals surface area contributed by atoms with E-state index in [0.29, 0.717) is 18.0 Å². The van der Waals surface area contributed by atoms with E-state index in [1.165, 1.54) is 0 Å². The molecule has 3 aliphatic heterocycles. The van der Waals surface area contributed by atoms with Crippen molar-refractivity contribution in [1.82, 2.24) is 14.8 Å². The molecule has 6 nitrogen and oxygen atoms in total. The van der Waals surface area contributed by atoms with Gasteiger partial charge in [0.2, 0.25) is 0 Å². The number of rotatable bonds is 3. The van der Waals surface area contributed by atoms with Gasteiger partial charge < -0.3 is 4.90 Å². The van der Waals surface area contributed by atoms with Crippen LogP contribution in [-0.2, 0) is 17.8 Å². The molecule has 6 rings (SSSR count). The summed E-state index contributed by atoms with van der Waals surface area (Å²) in [4.78, 5) is 16.6. The van der Waals surface area contributed by atoms with Gasteiger partial charge >= 0.3 is 0 Å². The average Bonchev–Trinajstić information content (AvgIpc) is 3.31. The summed E-state index contributed by atoms with van der Waals surface area (Å²) < 4.78 is 2.07. The first-order valence-electron chi connectivity index (χ1n) is 12.0. The van der Waals surface area contributed by atoms with Crippen molar-refractivity contribution in [2.75, 3.05) is 11.4 Å². The third-order valence-electron chi connectivity index (χ3n) is 7.77. The lowest BCUT2D eigenvalue weighted by Crippen LogP contribution is -2.61. The average molecular weight is 474 g/mol. The van der Waals surface area contributed by atoms with E-state index in [9.17, 15) is 4.79 Å². The second kappa shape index (κ2) is 7.98. The van der Waals surface area contributed by atoms with Crippen molar-refractivity contribution in [3.05, 3.63) is 76.4 Å². The fraction of sp³-hybridized carbons (Fsp3) is 0.370. The molecule has 1 fully saturated rings. The normalized spacial score (nSPS) is 23.8. The van der Waals surface area contributed by atoms with Gasteiger partial charge in [-0.3, -0.25) is 4.79 Å². The number of halogens is 1. The van der Waals surface area contributed by atoms with E-state index in [2.05, 4.69) is 28.6 Å². The van der Waals surface area contributed by atoms with Crippen molar-refractivity contribution in [2.24, 2.45) is 10.5 Å². The summed E-state index contributed by atoms with van der Waals surface area (Å²) in [5.74, 6) is 1.23. The second-order valence-electron chi connectivity index (χ2n) is 9.63. The Morgan fingerprint density at radius 2 is 1.82 bits per heavy atom. The maximum Gasteiger partial charge on any atom is 0.257 e. The van der Waals surface area contributed by atoms with Crippen molar-refractivity contribution in [2.45, 2.75) is 52.1 Å². The summed E-state index contributed by atoms with van der Waals surface area (Å²) in [6.07, 6.45) is 3.83. The molecule has 3 aromatic rings. The van der Waals surface area contributed by atoms with Crippen LogP contribution in [0.5, 0.6) is 0 Å². The van der Waals surface area contributed by atoms with Gasteiger partial charge in [0, 0.05) is 17.1 Å². The molecular formula is C27H28ClN5O. The Bertz CT molecular complexity index is 1300. The van der Waals surface area contributed by atoms with Crippen LogP contribution in [-0.4, -0.2) is 39.0 Å². The summed E-state index contributed by atoms with van der Waals surface area (Å²) in [5.41, 5.74) is 4.34. The van der Waals surface area contributed by atoms with Crippen molar-refractivity contribution < 1.29 is 4.79 Å². The number of aryl methyl sites for hydroxylation is 1. The molecule has 2 aromatic carbocycles. The highest BCUT2D eigenvalue weighted by Gasteiger charge is 2.60. The van der Waals surface area contributed by atoms with Crippen molar-refractivity contribution in [3.8, 4) is 5.69 Å². The summed E-state index contributed by atoms with van der Waals surface area (Å²) >= 11 is 6.42. The number of benzene rings is 2. The molecule has 0 unspecified atom stereocenters. The number of hydrogen-bond acceptors (Lipinski definition) is 4. The number of hydrazone groups is 1. The predicted octanol–water partition coefficient (Wildman–Crippen LogP) is 5.15. The van der Waals surface area contributed by atoms with Gasteiger partial charge in [0.1, 0.15) is 11.2 Å². The first-order valence-corrected chi connectivity index (χ1v) is 12.4. The van der Waals surface area contributed by atoms with Crippen LogP contribution in [0.2, 0.25) is 5.02 Å². The van der Waals surface area contributed by atoms with Gasteiger partial charge in [-0.25, -0.2) is 9.69 Å². The van der Waals surface area contributed by atoms with E-state index in [-0.39, 0.29) is 11.9 Å². The zero-order valence-corrected chi connectivity index (χ0v) is 20.3. The largest absolute Gasteiger partial charge is 0.352 e. The van der Waals surface area contributed by atoms with Gasteiger partial charge in [-0.15, -0.1) is 0 Å². The van der Waals surface area contributed by atoms with Crippen molar-refractivity contribution in [3.63, 3.8) is 0 Å². The highest BCUT2D eigenvalue weighted by Crippen LogP contribution is 2.50. The molecule has 0 aliphatic carbocycles. The highest BCUT2D eigenvalue weighted by molar-refractivity contribution is 6.31. The number of amides is 1. The summed E-state index contributed by atoms with van der Waals surface area (Å²) in [5, 5.41) is 12.1. The predicted molar refractivity (Wildman–Crippen MR) is 135 cm³/mol. The number of para-hydroxylation sites is 1. The van der Waals surface area contributed by atoms with Gasteiger partial charge in [0.05, 0.1) is 29.7 Å². The van der Waals surface area contributed by atoms with Gasteiger partial charge in [0.15, 0.2) is 0 Å². The Hall–Kier alpha value is -3.12. The van der Waals surface area contributed by atoms with Gasteiger partial charge in [-0.05, 0) is 63.3 Å². The number of nitrogens with zero attached hydrogens (tertiary/aromatic N) is 5. The van der Waals surface area contributed by atoms with Gasteiger partial charge in [-0.2, -0.15) is 10.2 Å². The van der Waals surface area contributed by atoms with Crippen molar-refractivity contribution in [1.29, 1.82) is 0 Å². The molecule has 1 amide bonds. The van der Waals surface area contributed by atoms with Crippen LogP contribution in [0.1, 0.15) is 43.0 Å². The fourth-order valence-electron chi connectivity index (χ4n) is 6.08.